The van der Waals surface area contributed by atoms with Crippen LogP contribution in [-0.2, 0) is 11.3 Å². The molecule has 0 bridgehead atoms. The molecule has 0 amide bonds. The number of hydrogen-bond acceptors (Lipinski definition) is 3. The third kappa shape index (κ3) is 3.68. The Bertz CT molecular complexity index is 1180. The SMILES string of the molecule is O=C(OCc1ccc(-c2cccc(Cl)c2Cl)o1)c1cccc2c(Br)cccc12. The molecule has 1 heterocycles. The first kappa shape index (κ1) is 19.1. The summed E-state index contributed by atoms with van der Waals surface area (Å²) in [6.07, 6.45) is 0. The Morgan fingerprint density at radius 3 is 2.54 bits per heavy atom. The minimum Gasteiger partial charge on any atom is -0.457 e. The second-order valence-corrected chi connectivity index (χ2v) is 7.72. The molecule has 0 aliphatic rings. The number of carbonyl (C=O) groups excluding carboxylic acids is 1. The van der Waals surface area contributed by atoms with Gasteiger partial charge in [0.15, 0.2) is 0 Å². The summed E-state index contributed by atoms with van der Waals surface area (Å²) in [4.78, 5) is 12.6. The van der Waals surface area contributed by atoms with Gasteiger partial charge < -0.3 is 9.15 Å². The van der Waals surface area contributed by atoms with Crippen LogP contribution in [0.25, 0.3) is 22.1 Å². The van der Waals surface area contributed by atoms with Crippen molar-refractivity contribution < 1.29 is 13.9 Å². The van der Waals surface area contributed by atoms with E-state index in [1.165, 1.54) is 0 Å². The normalized spacial score (nSPS) is 11.0. The summed E-state index contributed by atoms with van der Waals surface area (Å²) >= 11 is 15.8. The van der Waals surface area contributed by atoms with Crippen LogP contribution >= 0.6 is 39.1 Å². The summed E-state index contributed by atoms with van der Waals surface area (Å²) in [5.41, 5.74) is 1.19. The molecule has 0 spiro atoms. The van der Waals surface area contributed by atoms with Crippen molar-refractivity contribution in [3.05, 3.63) is 92.6 Å². The first-order valence-electron chi connectivity index (χ1n) is 8.42. The lowest BCUT2D eigenvalue weighted by Gasteiger charge is -2.08. The summed E-state index contributed by atoms with van der Waals surface area (Å²) in [6, 6.07) is 20.1. The lowest BCUT2D eigenvalue weighted by molar-refractivity contribution is 0.0448. The van der Waals surface area contributed by atoms with Crippen LogP contribution in [0.2, 0.25) is 10.0 Å². The summed E-state index contributed by atoms with van der Waals surface area (Å²) in [5.74, 6) is 0.663. The van der Waals surface area contributed by atoms with Crippen molar-refractivity contribution in [1.29, 1.82) is 0 Å². The number of ether oxygens (including phenoxy) is 1. The van der Waals surface area contributed by atoms with Crippen LogP contribution in [0.4, 0.5) is 0 Å². The molecule has 4 aromatic rings. The fraction of sp³-hybridized carbons (Fsp3) is 0.0455. The summed E-state index contributed by atoms with van der Waals surface area (Å²) in [7, 11) is 0. The maximum Gasteiger partial charge on any atom is 0.339 e. The lowest BCUT2D eigenvalue weighted by Crippen LogP contribution is -2.05. The largest absolute Gasteiger partial charge is 0.457 e. The van der Waals surface area contributed by atoms with Crippen LogP contribution in [0, 0.1) is 0 Å². The van der Waals surface area contributed by atoms with Gasteiger partial charge in [0.2, 0.25) is 0 Å². The molecule has 0 saturated carbocycles. The van der Waals surface area contributed by atoms with Gasteiger partial charge in [-0.3, -0.25) is 0 Å². The number of halogens is 3. The highest BCUT2D eigenvalue weighted by Gasteiger charge is 2.15. The predicted molar refractivity (Wildman–Crippen MR) is 115 cm³/mol. The van der Waals surface area contributed by atoms with Crippen molar-refractivity contribution >= 4 is 55.9 Å². The molecule has 28 heavy (non-hydrogen) atoms. The zero-order valence-electron chi connectivity index (χ0n) is 14.4. The lowest BCUT2D eigenvalue weighted by atomic mass is 10.0. The average Bonchev–Trinajstić information content (AvgIpc) is 3.17. The van der Waals surface area contributed by atoms with Crippen LogP contribution in [0.5, 0.6) is 0 Å². The van der Waals surface area contributed by atoms with Crippen molar-refractivity contribution in [2.75, 3.05) is 0 Å². The summed E-state index contributed by atoms with van der Waals surface area (Å²) in [6.45, 7) is 0.0153. The third-order valence-electron chi connectivity index (χ3n) is 4.31. The molecule has 3 aromatic carbocycles. The minimum atomic E-state index is -0.414. The Kier molecular flexibility index (Phi) is 5.44. The quantitative estimate of drug-likeness (QED) is 0.286. The molecule has 0 aliphatic carbocycles. The number of rotatable bonds is 4. The van der Waals surface area contributed by atoms with Crippen LogP contribution in [0.1, 0.15) is 16.1 Å². The highest BCUT2D eigenvalue weighted by molar-refractivity contribution is 9.10. The van der Waals surface area contributed by atoms with E-state index in [2.05, 4.69) is 15.9 Å². The number of fused-ring (bicyclic) bond motifs is 1. The first-order chi connectivity index (χ1) is 13.5. The second kappa shape index (κ2) is 8.00. The van der Waals surface area contributed by atoms with Crippen molar-refractivity contribution in [2.45, 2.75) is 6.61 Å². The zero-order valence-corrected chi connectivity index (χ0v) is 17.5. The molecule has 0 N–H and O–H groups in total. The van der Waals surface area contributed by atoms with E-state index in [0.717, 1.165) is 15.2 Å². The Labute approximate surface area is 180 Å². The number of benzene rings is 3. The van der Waals surface area contributed by atoms with Gasteiger partial charge >= 0.3 is 5.97 Å². The van der Waals surface area contributed by atoms with E-state index in [9.17, 15) is 4.79 Å². The monoisotopic (exact) mass is 474 g/mol. The molecule has 140 valence electrons. The van der Waals surface area contributed by atoms with Gasteiger partial charge in [0.25, 0.3) is 0 Å². The van der Waals surface area contributed by atoms with Gasteiger partial charge in [0, 0.05) is 10.0 Å². The van der Waals surface area contributed by atoms with Gasteiger partial charge in [-0.15, -0.1) is 0 Å². The van der Waals surface area contributed by atoms with Crippen molar-refractivity contribution in [2.24, 2.45) is 0 Å². The van der Waals surface area contributed by atoms with E-state index < -0.39 is 5.97 Å². The maximum absolute atomic E-state index is 12.6. The van der Waals surface area contributed by atoms with E-state index >= 15 is 0 Å². The minimum absolute atomic E-state index is 0.0153. The summed E-state index contributed by atoms with van der Waals surface area (Å²) < 4.78 is 12.2. The van der Waals surface area contributed by atoms with Crippen molar-refractivity contribution in [1.82, 2.24) is 0 Å². The van der Waals surface area contributed by atoms with Crippen LogP contribution in [-0.4, -0.2) is 5.97 Å². The van der Waals surface area contributed by atoms with Gasteiger partial charge in [-0.05, 0) is 47.2 Å². The Morgan fingerprint density at radius 1 is 0.929 bits per heavy atom. The maximum atomic E-state index is 12.6. The summed E-state index contributed by atoms with van der Waals surface area (Å²) in [5, 5.41) is 2.65. The fourth-order valence-electron chi connectivity index (χ4n) is 2.96. The van der Waals surface area contributed by atoms with E-state index in [0.29, 0.717) is 32.7 Å². The highest BCUT2D eigenvalue weighted by Crippen LogP contribution is 2.34. The topological polar surface area (TPSA) is 39.4 Å². The molecule has 0 unspecified atom stereocenters. The van der Waals surface area contributed by atoms with Crippen LogP contribution in [0.3, 0.4) is 0 Å². The molecule has 0 radical (unpaired) electrons. The standard InChI is InChI=1S/C22H13BrCl2O3/c23-18-8-2-4-14-15(18)5-1-6-16(14)22(26)27-12-13-10-11-20(28-13)17-7-3-9-19(24)21(17)25/h1-11H,12H2. The predicted octanol–water partition coefficient (Wildman–Crippen LogP) is 7.53. The Hall–Kier alpha value is -2.27. The molecule has 4 rings (SSSR count). The molecule has 0 aliphatic heterocycles. The van der Waals surface area contributed by atoms with Gasteiger partial charge in [-0.2, -0.15) is 0 Å². The van der Waals surface area contributed by atoms with E-state index in [1.54, 1.807) is 30.3 Å². The molecule has 6 heteroatoms. The van der Waals surface area contributed by atoms with Crippen molar-refractivity contribution in [3.63, 3.8) is 0 Å². The second-order valence-electron chi connectivity index (χ2n) is 6.08. The molecule has 0 atom stereocenters. The molecule has 3 nitrogen and oxygen atoms in total. The van der Waals surface area contributed by atoms with E-state index in [-0.39, 0.29) is 6.61 Å². The molecule has 1 aromatic heterocycles. The molecular formula is C22H13BrCl2O3. The van der Waals surface area contributed by atoms with Crippen LogP contribution in [0.15, 0.2) is 75.6 Å². The Morgan fingerprint density at radius 2 is 1.68 bits per heavy atom. The number of carbonyl (C=O) groups is 1. The fourth-order valence-corrected chi connectivity index (χ4v) is 3.85. The number of esters is 1. The smallest absolute Gasteiger partial charge is 0.339 e. The van der Waals surface area contributed by atoms with Crippen LogP contribution < -0.4 is 0 Å². The zero-order chi connectivity index (χ0) is 19.7. The van der Waals surface area contributed by atoms with E-state index in [4.69, 9.17) is 32.4 Å². The van der Waals surface area contributed by atoms with Gasteiger partial charge in [-0.1, -0.05) is 69.5 Å². The number of furan rings is 1. The van der Waals surface area contributed by atoms with Gasteiger partial charge in [-0.25, -0.2) is 4.79 Å². The average molecular weight is 476 g/mol. The first-order valence-corrected chi connectivity index (χ1v) is 9.97. The van der Waals surface area contributed by atoms with Gasteiger partial charge in [0.1, 0.15) is 18.1 Å². The van der Waals surface area contributed by atoms with Crippen molar-refractivity contribution in [3.8, 4) is 11.3 Å². The molecule has 0 fully saturated rings. The molecular weight excluding hydrogens is 463 g/mol. The van der Waals surface area contributed by atoms with Gasteiger partial charge in [0.05, 0.1) is 15.6 Å². The third-order valence-corrected chi connectivity index (χ3v) is 5.82. The Balaban J connectivity index is 1.53. The number of hydrogen-bond donors (Lipinski definition) is 0. The molecule has 0 saturated heterocycles. The van der Waals surface area contributed by atoms with E-state index in [1.807, 2.05) is 36.4 Å². The highest BCUT2D eigenvalue weighted by atomic mass is 79.9.